The largest absolute Gasteiger partial charge is 0.384 e. The zero-order valence-corrected chi connectivity index (χ0v) is 11.0. The van der Waals surface area contributed by atoms with Gasteiger partial charge in [-0.05, 0) is 30.3 Å². The number of nitrogen functional groups attached to an aromatic ring is 1. The molecular formula is C14H10ClFN4. The first-order valence-corrected chi connectivity index (χ1v) is 6.24. The van der Waals surface area contributed by atoms with Crippen molar-refractivity contribution in [2.24, 2.45) is 0 Å². The molecular weight excluding hydrogens is 279 g/mol. The molecule has 0 unspecified atom stereocenters. The molecule has 2 aromatic heterocycles. The van der Waals surface area contributed by atoms with Crippen molar-refractivity contribution in [2.75, 3.05) is 5.73 Å². The van der Waals surface area contributed by atoms with Crippen LogP contribution < -0.4 is 5.73 Å². The molecule has 0 aliphatic heterocycles. The number of nitrogens with two attached hydrogens (primary N) is 1. The van der Waals surface area contributed by atoms with Crippen molar-refractivity contribution in [1.29, 1.82) is 0 Å². The average molecular weight is 289 g/mol. The standard InChI is InChI=1S/C14H10ClFN4/c15-11-2-1-10(8-12(11)16)20-13(4-6-19-20)9-3-5-18-14(17)7-9/h1-8H,(H2,17,18). The van der Waals surface area contributed by atoms with Gasteiger partial charge in [-0.1, -0.05) is 11.6 Å². The molecule has 0 bridgehead atoms. The summed E-state index contributed by atoms with van der Waals surface area (Å²) >= 11 is 5.69. The van der Waals surface area contributed by atoms with Crippen LogP contribution in [0.3, 0.4) is 0 Å². The van der Waals surface area contributed by atoms with Crippen LogP contribution in [0, 0.1) is 5.82 Å². The molecule has 6 heteroatoms. The second kappa shape index (κ2) is 4.94. The summed E-state index contributed by atoms with van der Waals surface area (Å²) in [5.74, 6) is -0.0719. The Labute approximate surface area is 119 Å². The summed E-state index contributed by atoms with van der Waals surface area (Å²) in [6.07, 6.45) is 3.25. The number of hydrogen-bond donors (Lipinski definition) is 1. The Morgan fingerprint density at radius 1 is 1.10 bits per heavy atom. The molecule has 0 amide bonds. The molecule has 0 radical (unpaired) electrons. The Balaban J connectivity index is 2.12. The highest BCUT2D eigenvalue weighted by Gasteiger charge is 2.10. The third-order valence-corrected chi connectivity index (χ3v) is 3.17. The summed E-state index contributed by atoms with van der Waals surface area (Å²) in [7, 11) is 0. The van der Waals surface area contributed by atoms with Gasteiger partial charge in [-0.15, -0.1) is 0 Å². The molecule has 3 aromatic rings. The average Bonchev–Trinajstić information content (AvgIpc) is 2.91. The Morgan fingerprint density at radius 2 is 1.95 bits per heavy atom. The fourth-order valence-corrected chi connectivity index (χ4v) is 2.07. The Morgan fingerprint density at radius 3 is 2.70 bits per heavy atom. The number of hydrogen-bond acceptors (Lipinski definition) is 3. The second-order valence-electron chi connectivity index (χ2n) is 4.20. The maximum Gasteiger partial charge on any atom is 0.143 e. The van der Waals surface area contributed by atoms with Gasteiger partial charge >= 0.3 is 0 Å². The van der Waals surface area contributed by atoms with E-state index >= 15 is 0 Å². The second-order valence-corrected chi connectivity index (χ2v) is 4.60. The third-order valence-electron chi connectivity index (χ3n) is 2.87. The van der Waals surface area contributed by atoms with Gasteiger partial charge in [0.1, 0.15) is 11.6 Å². The SMILES string of the molecule is Nc1cc(-c2ccnn2-c2ccc(Cl)c(F)c2)ccn1. The predicted octanol–water partition coefficient (Wildman–Crippen LogP) is 3.31. The lowest BCUT2D eigenvalue weighted by Crippen LogP contribution is -2.00. The van der Waals surface area contributed by atoms with E-state index in [4.69, 9.17) is 17.3 Å². The van der Waals surface area contributed by atoms with Crippen LogP contribution in [0.2, 0.25) is 5.02 Å². The van der Waals surface area contributed by atoms with Gasteiger partial charge < -0.3 is 5.73 Å². The highest BCUT2D eigenvalue weighted by atomic mass is 35.5. The molecule has 0 saturated carbocycles. The first-order chi connectivity index (χ1) is 9.65. The molecule has 1 aromatic carbocycles. The van der Waals surface area contributed by atoms with E-state index in [0.717, 1.165) is 11.3 Å². The minimum Gasteiger partial charge on any atom is -0.384 e. The van der Waals surface area contributed by atoms with Gasteiger partial charge in [0.25, 0.3) is 0 Å². The molecule has 20 heavy (non-hydrogen) atoms. The van der Waals surface area contributed by atoms with E-state index in [1.807, 2.05) is 12.1 Å². The number of pyridine rings is 1. The summed E-state index contributed by atoms with van der Waals surface area (Å²) in [6.45, 7) is 0. The van der Waals surface area contributed by atoms with E-state index in [2.05, 4.69) is 10.1 Å². The minimum absolute atomic E-state index is 0.0793. The number of rotatable bonds is 2. The van der Waals surface area contributed by atoms with Gasteiger partial charge in [0, 0.05) is 17.8 Å². The van der Waals surface area contributed by atoms with Crippen LogP contribution in [-0.2, 0) is 0 Å². The van der Waals surface area contributed by atoms with Gasteiger partial charge in [0.2, 0.25) is 0 Å². The number of aromatic nitrogens is 3. The summed E-state index contributed by atoms with van der Waals surface area (Å²) in [4.78, 5) is 3.95. The molecule has 0 aliphatic carbocycles. The lowest BCUT2D eigenvalue weighted by Gasteiger charge is -2.08. The summed E-state index contributed by atoms with van der Waals surface area (Å²) in [5, 5.41) is 4.29. The molecule has 100 valence electrons. The molecule has 4 nitrogen and oxygen atoms in total. The lowest BCUT2D eigenvalue weighted by molar-refractivity contribution is 0.626. The normalized spacial score (nSPS) is 10.7. The van der Waals surface area contributed by atoms with E-state index in [9.17, 15) is 4.39 Å². The van der Waals surface area contributed by atoms with Crippen LogP contribution in [-0.4, -0.2) is 14.8 Å². The van der Waals surface area contributed by atoms with Crippen molar-refractivity contribution < 1.29 is 4.39 Å². The fourth-order valence-electron chi connectivity index (χ4n) is 1.95. The smallest absolute Gasteiger partial charge is 0.143 e. The molecule has 0 fully saturated rings. The quantitative estimate of drug-likeness (QED) is 0.787. The van der Waals surface area contributed by atoms with Gasteiger partial charge in [-0.2, -0.15) is 5.10 Å². The van der Waals surface area contributed by atoms with E-state index in [1.54, 1.807) is 29.2 Å². The topological polar surface area (TPSA) is 56.7 Å². The van der Waals surface area contributed by atoms with E-state index < -0.39 is 5.82 Å². The molecule has 0 spiro atoms. The highest BCUT2D eigenvalue weighted by Crippen LogP contribution is 2.25. The van der Waals surface area contributed by atoms with E-state index in [-0.39, 0.29) is 5.02 Å². The van der Waals surface area contributed by atoms with Gasteiger partial charge in [0.15, 0.2) is 0 Å². The fraction of sp³-hybridized carbons (Fsp3) is 0. The van der Waals surface area contributed by atoms with Crippen molar-refractivity contribution in [3.8, 4) is 16.9 Å². The first kappa shape index (κ1) is 12.6. The zero-order valence-electron chi connectivity index (χ0n) is 10.3. The Kier molecular flexibility index (Phi) is 3.12. The van der Waals surface area contributed by atoms with E-state index in [0.29, 0.717) is 11.5 Å². The summed E-state index contributed by atoms with van der Waals surface area (Å²) < 4.78 is 15.2. The Hall–Kier alpha value is -2.40. The maximum atomic E-state index is 13.6. The molecule has 0 atom stereocenters. The maximum absolute atomic E-state index is 13.6. The van der Waals surface area contributed by atoms with Gasteiger partial charge in [-0.3, -0.25) is 0 Å². The summed E-state index contributed by atoms with van der Waals surface area (Å²) in [6, 6.07) is 9.91. The highest BCUT2D eigenvalue weighted by molar-refractivity contribution is 6.30. The van der Waals surface area contributed by atoms with E-state index in [1.165, 1.54) is 12.1 Å². The third kappa shape index (κ3) is 2.23. The molecule has 3 rings (SSSR count). The first-order valence-electron chi connectivity index (χ1n) is 5.86. The number of anilines is 1. The zero-order chi connectivity index (χ0) is 14.1. The van der Waals surface area contributed by atoms with Gasteiger partial charge in [0.05, 0.1) is 22.6 Å². The number of benzene rings is 1. The van der Waals surface area contributed by atoms with Crippen LogP contribution >= 0.6 is 11.6 Å². The predicted molar refractivity (Wildman–Crippen MR) is 76.2 cm³/mol. The number of nitrogens with zero attached hydrogens (tertiary/aromatic N) is 3. The molecule has 2 N–H and O–H groups in total. The molecule has 2 heterocycles. The van der Waals surface area contributed by atoms with Crippen molar-refractivity contribution >= 4 is 17.4 Å². The van der Waals surface area contributed by atoms with Crippen molar-refractivity contribution in [2.45, 2.75) is 0 Å². The van der Waals surface area contributed by atoms with Crippen molar-refractivity contribution in [3.63, 3.8) is 0 Å². The molecule has 0 aliphatic rings. The Bertz CT molecular complexity index is 769. The monoisotopic (exact) mass is 288 g/mol. The number of halogens is 2. The lowest BCUT2D eigenvalue weighted by atomic mass is 10.2. The summed E-state index contributed by atoms with van der Waals surface area (Å²) in [5.41, 5.74) is 7.91. The van der Waals surface area contributed by atoms with Crippen LogP contribution in [0.15, 0.2) is 48.8 Å². The molecule has 0 saturated heterocycles. The van der Waals surface area contributed by atoms with Crippen molar-refractivity contribution in [3.05, 3.63) is 59.6 Å². The van der Waals surface area contributed by atoms with Crippen LogP contribution in [0.1, 0.15) is 0 Å². The van der Waals surface area contributed by atoms with Crippen LogP contribution in [0.5, 0.6) is 0 Å². The van der Waals surface area contributed by atoms with Crippen LogP contribution in [0.25, 0.3) is 16.9 Å². The van der Waals surface area contributed by atoms with Gasteiger partial charge in [-0.25, -0.2) is 14.1 Å². The van der Waals surface area contributed by atoms with Crippen LogP contribution in [0.4, 0.5) is 10.2 Å². The minimum atomic E-state index is -0.486. The van der Waals surface area contributed by atoms with Crippen molar-refractivity contribution in [1.82, 2.24) is 14.8 Å².